The van der Waals surface area contributed by atoms with Crippen molar-refractivity contribution in [2.75, 3.05) is 0 Å². The molecule has 0 aromatic heterocycles. The number of hydrogen-bond acceptors (Lipinski definition) is 2. The molecule has 0 fully saturated rings. The molecule has 2 nitrogen and oxygen atoms in total. The number of benzene rings is 3. The first-order valence-corrected chi connectivity index (χ1v) is 10.6. The molecule has 174 valence electrons. The second-order valence-electron chi connectivity index (χ2n) is 6.52. The monoisotopic (exact) mass is 484 g/mol. The van der Waals surface area contributed by atoms with Crippen LogP contribution < -0.4 is 5.11 Å². The summed E-state index contributed by atoms with van der Waals surface area (Å²) in [4.78, 5) is 14.3. The quantitative estimate of drug-likeness (QED) is 0.194. The number of rotatable bonds is 4. The summed E-state index contributed by atoms with van der Waals surface area (Å²) in [6.45, 7) is 0.186. The van der Waals surface area contributed by atoms with Crippen LogP contribution in [0, 0.1) is 0 Å². The molecule has 3 rings (SSSR count). The van der Waals surface area contributed by atoms with Crippen LogP contribution in [0.1, 0.15) is 6.92 Å². The van der Waals surface area contributed by atoms with E-state index in [1.165, 1.54) is 14.7 Å². The SMILES string of the molecule is CC(C(=O)C(F)(F)F)=C([O-])C(F)(F)F.c1ccc([S+](c2ccccc2)c2ccccc2)cc1. The molecule has 0 aliphatic heterocycles. The minimum atomic E-state index is -5.47. The Morgan fingerprint density at radius 2 is 0.939 bits per heavy atom. The third kappa shape index (κ3) is 7.42. The summed E-state index contributed by atoms with van der Waals surface area (Å²) >= 11 is 0. The topological polar surface area (TPSA) is 40.1 Å². The third-order valence-electron chi connectivity index (χ3n) is 4.13. The lowest BCUT2D eigenvalue weighted by molar-refractivity contribution is -0.361. The number of hydrogen-bond donors (Lipinski definition) is 0. The van der Waals surface area contributed by atoms with E-state index in [1.54, 1.807) is 0 Å². The maximum absolute atomic E-state index is 11.6. The van der Waals surface area contributed by atoms with Crippen molar-refractivity contribution < 1.29 is 36.2 Å². The normalized spacial score (nSPS) is 12.5. The largest absolute Gasteiger partial charge is 0.869 e. The molecule has 0 saturated carbocycles. The zero-order chi connectivity index (χ0) is 24.6. The van der Waals surface area contributed by atoms with Crippen LogP contribution in [0.4, 0.5) is 26.3 Å². The first-order chi connectivity index (χ1) is 15.4. The van der Waals surface area contributed by atoms with Gasteiger partial charge in [0.2, 0.25) is 0 Å². The summed E-state index contributed by atoms with van der Waals surface area (Å²) in [6.07, 6.45) is -10.9. The van der Waals surface area contributed by atoms with Crippen molar-refractivity contribution in [2.45, 2.75) is 34.0 Å². The maximum Gasteiger partial charge on any atom is 0.454 e. The fraction of sp³-hybridized carbons (Fsp3) is 0.125. The molecule has 3 aromatic rings. The van der Waals surface area contributed by atoms with Gasteiger partial charge in [-0.1, -0.05) is 54.6 Å². The van der Waals surface area contributed by atoms with Gasteiger partial charge in [0.15, 0.2) is 14.7 Å². The minimum absolute atomic E-state index is 0.0146. The van der Waals surface area contributed by atoms with Gasteiger partial charge in [0.05, 0.1) is 10.9 Å². The molecule has 3 aromatic carbocycles. The van der Waals surface area contributed by atoms with Crippen LogP contribution in [-0.2, 0) is 15.7 Å². The van der Waals surface area contributed by atoms with Gasteiger partial charge in [-0.15, -0.1) is 0 Å². The van der Waals surface area contributed by atoms with Crippen molar-refractivity contribution in [1.29, 1.82) is 0 Å². The first kappa shape index (κ1) is 26.1. The summed E-state index contributed by atoms with van der Waals surface area (Å²) in [5, 5.41) is 10.2. The number of halogens is 6. The number of carbonyl (C=O) groups is 1. The molecule has 0 bridgehead atoms. The Morgan fingerprint density at radius 1 is 0.636 bits per heavy atom. The molecule has 0 saturated heterocycles. The van der Waals surface area contributed by atoms with Gasteiger partial charge in [-0.25, -0.2) is 0 Å². The van der Waals surface area contributed by atoms with Crippen LogP contribution in [0.3, 0.4) is 0 Å². The van der Waals surface area contributed by atoms with Crippen molar-refractivity contribution >= 4 is 16.7 Å². The Hall–Kier alpha value is -3.20. The highest BCUT2D eigenvalue weighted by Crippen LogP contribution is 2.30. The summed E-state index contributed by atoms with van der Waals surface area (Å²) in [7, 11) is -0.0146. The Bertz CT molecular complexity index is 969. The Balaban J connectivity index is 0.000000248. The Labute approximate surface area is 189 Å². The number of Topliss-reactive ketones (excluding diaryl/α,β-unsaturated/α-hetero) is 1. The van der Waals surface area contributed by atoms with E-state index >= 15 is 0 Å². The highest BCUT2D eigenvalue weighted by molar-refractivity contribution is 7.97. The standard InChI is InChI=1S/C18H15S.C6H4F6O2/c1-4-10-16(11-5-1)19(17-12-6-2-7-13-17)18-14-8-3-9-15-18;1-2(3(13)5(7,8)9)4(14)6(10,11)12/h1-15H;13H,1H3/q+1;/p-1. The van der Waals surface area contributed by atoms with E-state index in [0.29, 0.717) is 0 Å². The van der Waals surface area contributed by atoms with Crippen LogP contribution in [0.25, 0.3) is 0 Å². The summed E-state index contributed by atoms with van der Waals surface area (Å²) in [5.74, 6) is -5.56. The predicted molar refractivity (Wildman–Crippen MR) is 111 cm³/mol. The molecular formula is C24H18F6O2S. The van der Waals surface area contributed by atoms with Crippen LogP contribution >= 0.6 is 0 Å². The van der Waals surface area contributed by atoms with Crippen LogP contribution in [0.5, 0.6) is 0 Å². The Morgan fingerprint density at radius 3 is 1.18 bits per heavy atom. The van der Waals surface area contributed by atoms with Gasteiger partial charge >= 0.3 is 12.4 Å². The molecule has 0 spiro atoms. The average Bonchev–Trinajstić information content (AvgIpc) is 2.79. The zero-order valence-electron chi connectivity index (χ0n) is 17.2. The van der Waals surface area contributed by atoms with Crippen LogP contribution in [-0.4, -0.2) is 18.1 Å². The van der Waals surface area contributed by atoms with Gasteiger partial charge in [0.25, 0.3) is 5.78 Å². The molecule has 0 N–H and O–H groups in total. The van der Waals surface area contributed by atoms with Gasteiger partial charge in [-0.05, 0) is 54.7 Å². The molecule has 9 heteroatoms. The predicted octanol–water partition coefficient (Wildman–Crippen LogP) is 6.10. The highest BCUT2D eigenvalue weighted by atomic mass is 32.2. The molecule has 0 atom stereocenters. The average molecular weight is 484 g/mol. The summed E-state index contributed by atoms with van der Waals surface area (Å²) in [5.41, 5.74) is -1.88. The number of carbonyl (C=O) groups excluding carboxylic acids is 1. The molecule has 0 unspecified atom stereocenters. The lowest BCUT2D eigenvalue weighted by Crippen LogP contribution is -2.31. The lowest BCUT2D eigenvalue weighted by Gasteiger charge is -2.19. The molecule has 0 aliphatic carbocycles. The second-order valence-corrected chi connectivity index (χ2v) is 8.55. The second kappa shape index (κ2) is 11.1. The van der Waals surface area contributed by atoms with E-state index in [0.717, 1.165) is 0 Å². The van der Waals surface area contributed by atoms with Crippen molar-refractivity contribution in [3.8, 4) is 0 Å². The third-order valence-corrected chi connectivity index (χ3v) is 6.36. The van der Waals surface area contributed by atoms with Gasteiger partial charge in [0.1, 0.15) is 0 Å². The maximum atomic E-state index is 11.6. The lowest BCUT2D eigenvalue weighted by atomic mass is 10.1. The Kier molecular flexibility index (Phi) is 8.76. The van der Waals surface area contributed by atoms with E-state index in [4.69, 9.17) is 0 Å². The summed E-state index contributed by atoms with van der Waals surface area (Å²) in [6, 6.07) is 32.2. The van der Waals surface area contributed by atoms with E-state index in [1.807, 2.05) is 0 Å². The number of alkyl halides is 6. The molecule has 0 aliphatic rings. The van der Waals surface area contributed by atoms with E-state index < -0.39 is 29.5 Å². The zero-order valence-corrected chi connectivity index (χ0v) is 18.0. The van der Waals surface area contributed by atoms with Gasteiger partial charge in [-0.3, -0.25) is 4.79 Å². The smallest absolute Gasteiger partial charge is 0.454 e. The highest BCUT2D eigenvalue weighted by Gasteiger charge is 2.41. The fourth-order valence-electron chi connectivity index (χ4n) is 2.61. The molecule has 33 heavy (non-hydrogen) atoms. The molecule has 0 amide bonds. The fourth-order valence-corrected chi connectivity index (χ4v) is 4.71. The molecule has 0 radical (unpaired) electrons. The van der Waals surface area contributed by atoms with Gasteiger partial charge in [-0.2, -0.15) is 26.3 Å². The van der Waals surface area contributed by atoms with Crippen molar-refractivity contribution in [3.05, 3.63) is 102 Å². The summed E-state index contributed by atoms with van der Waals surface area (Å²) < 4.78 is 69.3. The van der Waals surface area contributed by atoms with Crippen LogP contribution in [0.15, 0.2) is 117 Å². The minimum Gasteiger partial charge on any atom is -0.869 e. The first-order valence-electron chi connectivity index (χ1n) is 9.39. The van der Waals surface area contributed by atoms with Crippen LogP contribution in [0.2, 0.25) is 0 Å². The number of allylic oxidation sites excluding steroid dienone is 2. The van der Waals surface area contributed by atoms with Crippen molar-refractivity contribution in [3.63, 3.8) is 0 Å². The van der Waals surface area contributed by atoms with Gasteiger partial charge < -0.3 is 5.11 Å². The van der Waals surface area contributed by atoms with Gasteiger partial charge in [0, 0.05) is 0 Å². The number of ketones is 1. The van der Waals surface area contributed by atoms with E-state index in [2.05, 4.69) is 91.0 Å². The van der Waals surface area contributed by atoms with Crippen molar-refractivity contribution in [1.82, 2.24) is 0 Å². The molecule has 0 heterocycles. The van der Waals surface area contributed by atoms with E-state index in [9.17, 15) is 36.2 Å². The van der Waals surface area contributed by atoms with E-state index in [-0.39, 0.29) is 17.8 Å². The van der Waals surface area contributed by atoms with Crippen molar-refractivity contribution in [2.24, 2.45) is 0 Å². The molecular weight excluding hydrogens is 466 g/mol.